The summed E-state index contributed by atoms with van der Waals surface area (Å²) in [5.41, 5.74) is 2.16. The fourth-order valence-corrected chi connectivity index (χ4v) is 4.08. The van der Waals surface area contributed by atoms with Crippen molar-refractivity contribution in [3.63, 3.8) is 0 Å². The van der Waals surface area contributed by atoms with Crippen LogP contribution in [0.15, 0.2) is 48.5 Å². The first-order valence-electron chi connectivity index (χ1n) is 10.7. The van der Waals surface area contributed by atoms with E-state index in [9.17, 15) is 8.78 Å². The number of hydrogen-bond acceptors (Lipinski definition) is 2. The molecule has 2 aromatic carbocycles. The molecule has 1 saturated heterocycles. The van der Waals surface area contributed by atoms with E-state index in [0.29, 0.717) is 0 Å². The number of nitrogens with zero attached hydrogens (tertiary/aromatic N) is 1. The van der Waals surface area contributed by atoms with E-state index in [-0.39, 0.29) is 17.6 Å². The van der Waals surface area contributed by atoms with Crippen molar-refractivity contribution in [2.24, 2.45) is 0 Å². The molecular formula is C24H32F2N2. The first-order valence-corrected chi connectivity index (χ1v) is 10.7. The maximum absolute atomic E-state index is 13.3. The van der Waals surface area contributed by atoms with Crippen LogP contribution in [-0.2, 0) is 0 Å². The second-order valence-corrected chi connectivity index (χ2v) is 7.80. The quantitative estimate of drug-likeness (QED) is 0.554. The summed E-state index contributed by atoms with van der Waals surface area (Å²) in [7, 11) is 0. The van der Waals surface area contributed by atoms with E-state index in [4.69, 9.17) is 0 Å². The lowest BCUT2D eigenvalue weighted by molar-refractivity contribution is 0.226. The SMILES string of the molecule is Fc1ccc(C(CCCNCCCN2CCCCC2)c2ccc(F)cc2)cc1. The third-order valence-electron chi connectivity index (χ3n) is 5.67. The van der Waals surface area contributed by atoms with Crippen LogP contribution in [0.4, 0.5) is 8.78 Å². The summed E-state index contributed by atoms with van der Waals surface area (Å²) in [5, 5.41) is 3.55. The highest BCUT2D eigenvalue weighted by atomic mass is 19.1. The predicted molar refractivity (Wildman–Crippen MR) is 112 cm³/mol. The summed E-state index contributed by atoms with van der Waals surface area (Å²) < 4.78 is 26.6. The molecule has 0 aromatic heterocycles. The molecule has 0 saturated carbocycles. The minimum absolute atomic E-state index is 0.163. The Morgan fingerprint density at radius 1 is 0.750 bits per heavy atom. The molecule has 0 amide bonds. The molecule has 0 bridgehead atoms. The number of piperidine rings is 1. The van der Waals surface area contributed by atoms with Crippen molar-refractivity contribution in [3.05, 3.63) is 71.3 Å². The van der Waals surface area contributed by atoms with Crippen molar-refractivity contribution < 1.29 is 8.78 Å². The van der Waals surface area contributed by atoms with Gasteiger partial charge in [-0.15, -0.1) is 0 Å². The zero-order chi connectivity index (χ0) is 19.6. The van der Waals surface area contributed by atoms with E-state index in [1.165, 1.54) is 69.6 Å². The van der Waals surface area contributed by atoms with Crippen LogP contribution in [0.1, 0.15) is 55.6 Å². The fourth-order valence-electron chi connectivity index (χ4n) is 4.08. The van der Waals surface area contributed by atoms with E-state index < -0.39 is 0 Å². The molecule has 0 radical (unpaired) electrons. The van der Waals surface area contributed by atoms with Gasteiger partial charge < -0.3 is 10.2 Å². The van der Waals surface area contributed by atoms with Crippen molar-refractivity contribution in [1.29, 1.82) is 0 Å². The van der Waals surface area contributed by atoms with Crippen molar-refractivity contribution in [2.45, 2.75) is 44.4 Å². The molecule has 0 unspecified atom stereocenters. The number of hydrogen-bond donors (Lipinski definition) is 1. The maximum atomic E-state index is 13.3. The Labute approximate surface area is 168 Å². The normalized spacial score (nSPS) is 15.2. The molecule has 0 atom stereocenters. The van der Waals surface area contributed by atoms with Crippen LogP contribution < -0.4 is 5.32 Å². The highest BCUT2D eigenvalue weighted by molar-refractivity contribution is 5.32. The summed E-state index contributed by atoms with van der Waals surface area (Å²) in [6.45, 7) is 5.74. The Hall–Kier alpha value is -1.78. The molecule has 4 heteroatoms. The van der Waals surface area contributed by atoms with Gasteiger partial charge in [-0.2, -0.15) is 0 Å². The second kappa shape index (κ2) is 11.3. The Kier molecular flexibility index (Phi) is 8.43. The number of rotatable bonds is 10. The molecule has 152 valence electrons. The van der Waals surface area contributed by atoms with Crippen LogP contribution >= 0.6 is 0 Å². The van der Waals surface area contributed by atoms with Gasteiger partial charge in [-0.3, -0.25) is 0 Å². The minimum atomic E-state index is -0.225. The van der Waals surface area contributed by atoms with Crippen LogP contribution in [0.25, 0.3) is 0 Å². The average molecular weight is 387 g/mol. The Morgan fingerprint density at radius 2 is 1.29 bits per heavy atom. The molecule has 1 aliphatic rings. The molecule has 2 nitrogen and oxygen atoms in total. The number of likely N-dealkylation sites (tertiary alicyclic amines) is 1. The highest BCUT2D eigenvalue weighted by Gasteiger charge is 2.14. The van der Waals surface area contributed by atoms with Gasteiger partial charge in [-0.25, -0.2) is 8.78 Å². The molecule has 2 aromatic rings. The first kappa shape index (κ1) is 20.9. The highest BCUT2D eigenvalue weighted by Crippen LogP contribution is 2.29. The molecule has 0 aliphatic carbocycles. The van der Waals surface area contributed by atoms with Gasteiger partial charge >= 0.3 is 0 Å². The zero-order valence-electron chi connectivity index (χ0n) is 16.7. The van der Waals surface area contributed by atoms with Crippen molar-refractivity contribution >= 4 is 0 Å². The predicted octanol–water partition coefficient (Wildman–Crippen LogP) is 5.34. The maximum Gasteiger partial charge on any atom is 0.123 e. The molecule has 1 aliphatic heterocycles. The Bertz CT molecular complexity index is 633. The Morgan fingerprint density at radius 3 is 1.86 bits per heavy atom. The lowest BCUT2D eigenvalue weighted by Crippen LogP contribution is -2.32. The first-order chi connectivity index (χ1) is 13.7. The standard InChI is InChI=1S/C24H32F2N2/c25-22-11-7-20(8-12-22)24(21-9-13-23(26)14-10-21)6-4-15-27-16-5-19-28-17-2-1-3-18-28/h7-14,24,27H,1-6,15-19H2. The van der Waals surface area contributed by atoms with Crippen LogP contribution in [0.2, 0.25) is 0 Å². The largest absolute Gasteiger partial charge is 0.317 e. The summed E-state index contributed by atoms with van der Waals surface area (Å²) in [6.07, 6.45) is 7.26. The molecule has 0 spiro atoms. The molecular weight excluding hydrogens is 354 g/mol. The lowest BCUT2D eigenvalue weighted by atomic mass is 9.87. The van der Waals surface area contributed by atoms with E-state index in [1.54, 1.807) is 0 Å². The van der Waals surface area contributed by atoms with Crippen LogP contribution in [0, 0.1) is 11.6 Å². The minimum Gasteiger partial charge on any atom is -0.317 e. The van der Waals surface area contributed by atoms with Gasteiger partial charge in [0.05, 0.1) is 0 Å². The second-order valence-electron chi connectivity index (χ2n) is 7.80. The average Bonchev–Trinajstić information content (AvgIpc) is 2.73. The molecule has 3 rings (SSSR count). The summed E-state index contributed by atoms with van der Waals surface area (Å²) in [6, 6.07) is 13.4. The molecule has 28 heavy (non-hydrogen) atoms. The van der Waals surface area contributed by atoms with Crippen LogP contribution in [0.5, 0.6) is 0 Å². The Balaban J connectivity index is 1.44. The van der Waals surface area contributed by atoms with Gasteiger partial charge in [0.2, 0.25) is 0 Å². The number of halogens is 2. The van der Waals surface area contributed by atoms with Gasteiger partial charge in [0, 0.05) is 5.92 Å². The number of nitrogens with one attached hydrogen (secondary N) is 1. The number of benzene rings is 2. The van der Waals surface area contributed by atoms with Gasteiger partial charge in [0.15, 0.2) is 0 Å². The zero-order valence-corrected chi connectivity index (χ0v) is 16.7. The van der Waals surface area contributed by atoms with Crippen LogP contribution in [-0.4, -0.2) is 37.6 Å². The van der Waals surface area contributed by atoms with E-state index in [2.05, 4.69) is 10.2 Å². The molecule has 1 N–H and O–H groups in total. The summed E-state index contributed by atoms with van der Waals surface area (Å²) >= 11 is 0. The topological polar surface area (TPSA) is 15.3 Å². The molecule has 1 fully saturated rings. The van der Waals surface area contributed by atoms with Crippen molar-refractivity contribution in [1.82, 2.24) is 10.2 Å². The van der Waals surface area contributed by atoms with E-state index in [0.717, 1.165) is 37.1 Å². The third kappa shape index (κ3) is 6.68. The lowest BCUT2D eigenvalue weighted by Gasteiger charge is -2.26. The van der Waals surface area contributed by atoms with Gasteiger partial charge in [-0.05, 0) is 100 Å². The smallest absolute Gasteiger partial charge is 0.123 e. The van der Waals surface area contributed by atoms with Gasteiger partial charge in [-0.1, -0.05) is 30.7 Å². The third-order valence-corrected chi connectivity index (χ3v) is 5.67. The summed E-state index contributed by atoms with van der Waals surface area (Å²) in [4.78, 5) is 2.57. The van der Waals surface area contributed by atoms with E-state index in [1.807, 2.05) is 24.3 Å². The fraction of sp³-hybridized carbons (Fsp3) is 0.500. The summed E-state index contributed by atoms with van der Waals surface area (Å²) in [5.74, 6) is -0.287. The monoisotopic (exact) mass is 386 g/mol. The van der Waals surface area contributed by atoms with Crippen molar-refractivity contribution in [3.8, 4) is 0 Å². The van der Waals surface area contributed by atoms with Crippen molar-refractivity contribution in [2.75, 3.05) is 32.7 Å². The van der Waals surface area contributed by atoms with E-state index >= 15 is 0 Å². The van der Waals surface area contributed by atoms with Gasteiger partial charge in [0.1, 0.15) is 11.6 Å². The van der Waals surface area contributed by atoms with Gasteiger partial charge in [0.25, 0.3) is 0 Å². The van der Waals surface area contributed by atoms with Crippen LogP contribution in [0.3, 0.4) is 0 Å². The molecule has 1 heterocycles.